The third kappa shape index (κ3) is 8.78. The molecule has 0 amide bonds. The van der Waals surface area contributed by atoms with Gasteiger partial charge in [0.2, 0.25) is 10.0 Å². The molecule has 0 saturated heterocycles. The summed E-state index contributed by atoms with van der Waals surface area (Å²) < 4.78 is 32.8. The Labute approximate surface area is 200 Å². The van der Waals surface area contributed by atoms with Crippen molar-refractivity contribution >= 4 is 51.3 Å². The molecule has 0 bridgehead atoms. The SMILES string of the molecule is CN=C(NCCNS(=O)(=O)c1cccs1)NC(C)c1ccc(OCC(C)C)cc1.I. The molecule has 0 aliphatic rings. The first-order chi connectivity index (χ1) is 13.8. The van der Waals surface area contributed by atoms with Crippen molar-refractivity contribution in [3.05, 3.63) is 47.3 Å². The van der Waals surface area contributed by atoms with Gasteiger partial charge in [-0.3, -0.25) is 4.99 Å². The molecular formula is C20H31IN4O3S2. The van der Waals surface area contributed by atoms with Crippen LogP contribution in [0.3, 0.4) is 0 Å². The van der Waals surface area contributed by atoms with Crippen LogP contribution in [-0.2, 0) is 10.0 Å². The average molecular weight is 567 g/mol. The largest absolute Gasteiger partial charge is 0.493 e. The van der Waals surface area contributed by atoms with E-state index in [1.807, 2.05) is 31.2 Å². The van der Waals surface area contributed by atoms with Gasteiger partial charge in [-0.15, -0.1) is 35.3 Å². The highest BCUT2D eigenvalue weighted by molar-refractivity contribution is 14.0. The Hall–Kier alpha value is -1.37. The number of ether oxygens (including phenoxy) is 1. The van der Waals surface area contributed by atoms with E-state index < -0.39 is 10.0 Å². The Morgan fingerprint density at radius 1 is 1.13 bits per heavy atom. The quantitative estimate of drug-likeness (QED) is 0.177. The lowest BCUT2D eigenvalue weighted by molar-refractivity contribution is 0.271. The molecule has 30 heavy (non-hydrogen) atoms. The van der Waals surface area contributed by atoms with Crippen molar-refractivity contribution in [3.63, 3.8) is 0 Å². The Kier molecular flexibility index (Phi) is 11.7. The fourth-order valence-corrected chi connectivity index (χ4v) is 4.52. The first kappa shape index (κ1) is 26.7. The van der Waals surface area contributed by atoms with Gasteiger partial charge >= 0.3 is 0 Å². The first-order valence-electron chi connectivity index (χ1n) is 9.55. The van der Waals surface area contributed by atoms with E-state index in [-0.39, 0.29) is 36.6 Å². The molecule has 2 aromatic rings. The fourth-order valence-electron chi connectivity index (χ4n) is 2.45. The minimum atomic E-state index is -3.45. The molecule has 7 nitrogen and oxygen atoms in total. The number of benzene rings is 1. The van der Waals surface area contributed by atoms with Crippen LogP contribution < -0.4 is 20.1 Å². The van der Waals surface area contributed by atoms with Gasteiger partial charge in [0.1, 0.15) is 9.96 Å². The average Bonchev–Trinajstić information content (AvgIpc) is 3.25. The van der Waals surface area contributed by atoms with Crippen LogP contribution in [0.5, 0.6) is 5.75 Å². The maximum atomic E-state index is 12.1. The number of nitrogens with one attached hydrogen (secondary N) is 3. The highest BCUT2D eigenvalue weighted by atomic mass is 127. The van der Waals surface area contributed by atoms with Crippen LogP contribution in [0.2, 0.25) is 0 Å². The lowest BCUT2D eigenvalue weighted by atomic mass is 10.1. The van der Waals surface area contributed by atoms with Gasteiger partial charge in [0.05, 0.1) is 12.6 Å². The van der Waals surface area contributed by atoms with Gasteiger partial charge in [0.25, 0.3) is 0 Å². The van der Waals surface area contributed by atoms with Crippen molar-refractivity contribution in [1.82, 2.24) is 15.4 Å². The molecule has 1 aromatic heterocycles. The molecule has 1 aromatic carbocycles. The van der Waals surface area contributed by atoms with Gasteiger partial charge in [-0.1, -0.05) is 32.0 Å². The summed E-state index contributed by atoms with van der Waals surface area (Å²) in [4.78, 5) is 4.20. The van der Waals surface area contributed by atoms with Crippen LogP contribution in [0, 0.1) is 5.92 Å². The monoisotopic (exact) mass is 566 g/mol. The van der Waals surface area contributed by atoms with Crippen molar-refractivity contribution < 1.29 is 13.2 Å². The zero-order valence-electron chi connectivity index (χ0n) is 17.7. The number of aliphatic imine (C=N–C) groups is 1. The molecule has 0 aliphatic heterocycles. The molecule has 0 spiro atoms. The number of sulfonamides is 1. The zero-order valence-corrected chi connectivity index (χ0v) is 21.7. The summed E-state index contributed by atoms with van der Waals surface area (Å²) in [6.45, 7) is 7.64. The standard InChI is InChI=1S/C20H30N4O3S2.HI/c1-15(2)14-27-18-9-7-17(8-10-18)16(3)24-20(21-4)22-11-12-23-29(25,26)19-6-5-13-28-19;/h5-10,13,15-16,23H,11-12,14H2,1-4H3,(H2,21,22,24);1H. The van der Waals surface area contributed by atoms with Crippen LogP contribution in [0.25, 0.3) is 0 Å². The number of thiophene rings is 1. The van der Waals surface area contributed by atoms with Crippen LogP contribution in [0.1, 0.15) is 32.4 Å². The second-order valence-corrected chi connectivity index (χ2v) is 9.91. The molecule has 0 aliphatic carbocycles. The maximum Gasteiger partial charge on any atom is 0.250 e. The minimum Gasteiger partial charge on any atom is -0.493 e. The van der Waals surface area contributed by atoms with Gasteiger partial charge in [-0.05, 0) is 42.0 Å². The number of hydrogen-bond donors (Lipinski definition) is 3. The molecule has 0 fully saturated rings. The van der Waals surface area contributed by atoms with Gasteiger partial charge in [0, 0.05) is 20.1 Å². The van der Waals surface area contributed by atoms with Crippen molar-refractivity contribution in [1.29, 1.82) is 0 Å². The molecule has 1 heterocycles. The summed E-state index contributed by atoms with van der Waals surface area (Å²) in [5.41, 5.74) is 1.10. The Morgan fingerprint density at radius 3 is 2.40 bits per heavy atom. The van der Waals surface area contributed by atoms with Crippen molar-refractivity contribution in [2.75, 3.05) is 26.7 Å². The van der Waals surface area contributed by atoms with E-state index in [1.165, 1.54) is 11.3 Å². The molecule has 168 valence electrons. The number of halogens is 1. The summed E-state index contributed by atoms with van der Waals surface area (Å²) in [5.74, 6) is 1.95. The zero-order chi connectivity index (χ0) is 21.3. The molecule has 1 atom stereocenters. The van der Waals surface area contributed by atoms with E-state index in [1.54, 1.807) is 24.6 Å². The van der Waals surface area contributed by atoms with Crippen molar-refractivity contribution in [3.8, 4) is 5.75 Å². The smallest absolute Gasteiger partial charge is 0.250 e. The summed E-state index contributed by atoms with van der Waals surface area (Å²) in [7, 11) is -1.76. The second kappa shape index (κ2) is 13.1. The Balaban J connectivity index is 0.00000450. The third-order valence-electron chi connectivity index (χ3n) is 4.01. The topological polar surface area (TPSA) is 91.8 Å². The van der Waals surface area contributed by atoms with E-state index >= 15 is 0 Å². The predicted molar refractivity (Wildman–Crippen MR) is 135 cm³/mol. The summed E-state index contributed by atoms with van der Waals surface area (Å²) in [6.07, 6.45) is 0. The normalized spacial score (nSPS) is 12.9. The van der Waals surface area contributed by atoms with E-state index in [0.717, 1.165) is 11.3 Å². The molecule has 0 radical (unpaired) electrons. The minimum absolute atomic E-state index is 0. The molecular weight excluding hydrogens is 535 g/mol. The lowest BCUT2D eigenvalue weighted by Gasteiger charge is -2.19. The maximum absolute atomic E-state index is 12.1. The number of hydrogen-bond acceptors (Lipinski definition) is 5. The van der Waals surface area contributed by atoms with E-state index in [9.17, 15) is 8.42 Å². The second-order valence-electron chi connectivity index (χ2n) is 6.97. The fraction of sp³-hybridized carbons (Fsp3) is 0.450. The summed E-state index contributed by atoms with van der Waals surface area (Å²) in [6, 6.07) is 11.3. The number of nitrogens with zero attached hydrogens (tertiary/aromatic N) is 1. The number of guanidine groups is 1. The van der Waals surface area contributed by atoms with Crippen LogP contribution >= 0.6 is 35.3 Å². The van der Waals surface area contributed by atoms with Gasteiger partial charge in [-0.2, -0.15) is 0 Å². The highest BCUT2D eigenvalue weighted by Crippen LogP contribution is 2.18. The third-order valence-corrected chi connectivity index (χ3v) is 6.87. The van der Waals surface area contributed by atoms with Crippen molar-refractivity contribution in [2.24, 2.45) is 10.9 Å². The molecule has 1 unspecified atom stereocenters. The van der Waals surface area contributed by atoms with E-state index in [2.05, 4.69) is 34.2 Å². The summed E-state index contributed by atoms with van der Waals surface area (Å²) >= 11 is 1.19. The highest BCUT2D eigenvalue weighted by Gasteiger charge is 2.14. The van der Waals surface area contributed by atoms with E-state index in [4.69, 9.17) is 4.74 Å². The molecule has 0 saturated carbocycles. The molecule has 3 N–H and O–H groups in total. The lowest BCUT2D eigenvalue weighted by Crippen LogP contribution is -2.42. The van der Waals surface area contributed by atoms with Crippen LogP contribution in [0.15, 0.2) is 51.0 Å². The summed E-state index contributed by atoms with van der Waals surface area (Å²) in [5, 5.41) is 8.16. The predicted octanol–water partition coefficient (Wildman–Crippen LogP) is 3.61. The van der Waals surface area contributed by atoms with Crippen molar-refractivity contribution in [2.45, 2.75) is 31.0 Å². The number of rotatable bonds is 10. The van der Waals surface area contributed by atoms with Crippen LogP contribution in [0.4, 0.5) is 0 Å². The Bertz CT molecular complexity index is 870. The first-order valence-corrected chi connectivity index (χ1v) is 11.9. The van der Waals surface area contributed by atoms with E-state index in [0.29, 0.717) is 29.2 Å². The molecule has 2 rings (SSSR count). The Morgan fingerprint density at radius 2 is 1.83 bits per heavy atom. The van der Waals surface area contributed by atoms with Crippen LogP contribution in [-0.4, -0.2) is 41.1 Å². The molecule has 10 heteroatoms. The van der Waals surface area contributed by atoms with Gasteiger partial charge in [0.15, 0.2) is 5.96 Å². The van der Waals surface area contributed by atoms with Gasteiger partial charge < -0.3 is 15.4 Å². The van der Waals surface area contributed by atoms with Gasteiger partial charge in [-0.25, -0.2) is 13.1 Å².